The third-order valence-electron chi connectivity index (χ3n) is 5.59. The van der Waals surface area contributed by atoms with Gasteiger partial charge in [0.1, 0.15) is 6.04 Å². The molecule has 6 nitrogen and oxygen atoms in total. The molecule has 6 heteroatoms. The molecule has 1 aromatic heterocycles. The molecule has 0 saturated heterocycles. The first-order chi connectivity index (χ1) is 11.6. The second-order valence-corrected chi connectivity index (χ2v) is 7.60. The SMILES string of the molecule is CC(=O)N[C@H](CC1CCC1)C(=O)N1CCn2nc(C3CC3)cc2C1. The summed E-state index contributed by atoms with van der Waals surface area (Å²) < 4.78 is 2.05. The van der Waals surface area contributed by atoms with Crippen LogP contribution in [0.4, 0.5) is 0 Å². The van der Waals surface area contributed by atoms with Gasteiger partial charge in [0, 0.05) is 19.4 Å². The van der Waals surface area contributed by atoms with E-state index in [1.807, 2.05) is 4.90 Å². The molecule has 0 aromatic carbocycles. The first kappa shape index (κ1) is 15.7. The lowest BCUT2D eigenvalue weighted by Gasteiger charge is -2.34. The van der Waals surface area contributed by atoms with E-state index in [4.69, 9.17) is 0 Å². The second kappa shape index (κ2) is 6.22. The molecular formula is C18H26N4O2. The van der Waals surface area contributed by atoms with Gasteiger partial charge < -0.3 is 10.2 Å². The van der Waals surface area contributed by atoms with Crippen molar-refractivity contribution in [2.45, 2.75) is 70.5 Å². The van der Waals surface area contributed by atoms with Gasteiger partial charge in [0.05, 0.1) is 24.5 Å². The fourth-order valence-corrected chi connectivity index (χ4v) is 3.80. The van der Waals surface area contributed by atoms with Gasteiger partial charge in [0.15, 0.2) is 0 Å². The molecule has 24 heavy (non-hydrogen) atoms. The average Bonchev–Trinajstić information content (AvgIpc) is 3.27. The number of amides is 2. The molecule has 0 spiro atoms. The predicted molar refractivity (Wildman–Crippen MR) is 89.2 cm³/mol. The van der Waals surface area contributed by atoms with Crippen LogP contribution in [-0.2, 0) is 22.7 Å². The van der Waals surface area contributed by atoms with Crippen LogP contribution in [0.5, 0.6) is 0 Å². The Morgan fingerprint density at radius 1 is 1.29 bits per heavy atom. The van der Waals surface area contributed by atoms with Gasteiger partial charge in [-0.15, -0.1) is 0 Å². The average molecular weight is 330 g/mol. The van der Waals surface area contributed by atoms with Crippen molar-refractivity contribution in [3.05, 3.63) is 17.5 Å². The van der Waals surface area contributed by atoms with Crippen molar-refractivity contribution >= 4 is 11.8 Å². The zero-order valence-electron chi connectivity index (χ0n) is 14.3. The number of rotatable bonds is 5. The van der Waals surface area contributed by atoms with E-state index in [1.165, 1.54) is 44.7 Å². The smallest absolute Gasteiger partial charge is 0.245 e. The number of carbonyl (C=O) groups excluding carboxylic acids is 2. The summed E-state index contributed by atoms with van der Waals surface area (Å²) in [5.41, 5.74) is 2.31. The minimum absolute atomic E-state index is 0.0671. The van der Waals surface area contributed by atoms with Crippen molar-refractivity contribution in [2.75, 3.05) is 6.54 Å². The number of hydrogen-bond acceptors (Lipinski definition) is 3. The van der Waals surface area contributed by atoms with E-state index in [0.29, 0.717) is 24.9 Å². The molecule has 0 unspecified atom stereocenters. The van der Waals surface area contributed by atoms with Crippen LogP contribution in [0.25, 0.3) is 0 Å². The summed E-state index contributed by atoms with van der Waals surface area (Å²) in [6, 6.07) is 1.79. The number of hydrogen-bond donors (Lipinski definition) is 1. The van der Waals surface area contributed by atoms with Crippen molar-refractivity contribution < 1.29 is 9.59 Å². The summed E-state index contributed by atoms with van der Waals surface area (Å²) in [5.74, 6) is 1.17. The number of fused-ring (bicyclic) bond motifs is 1. The molecule has 3 aliphatic rings. The third-order valence-corrected chi connectivity index (χ3v) is 5.59. The van der Waals surface area contributed by atoms with Crippen molar-refractivity contribution in [2.24, 2.45) is 5.92 Å². The molecule has 2 amide bonds. The monoisotopic (exact) mass is 330 g/mol. The summed E-state index contributed by atoms with van der Waals surface area (Å²) in [5, 5.41) is 7.56. The molecule has 0 bridgehead atoms. The lowest BCUT2D eigenvalue weighted by atomic mass is 9.80. The maximum atomic E-state index is 13.0. The topological polar surface area (TPSA) is 67.2 Å². The van der Waals surface area contributed by atoms with Gasteiger partial charge in [0.2, 0.25) is 11.8 Å². The van der Waals surface area contributed by atoms with Gasteiger partial charge in [-0.1, -0.05) is 19.3 Å². The molecule has 4 rings (SSSR count). The maximum absolute atomic E-state index is 13.0. The molecule has 1 atom stereocenters. The highest BCUT2D eigenvalue weighted by atomic mass is 16.2. The minimum Gasteiger partial charge on any atom is -0.345 e. The number of carbonyl (C=O) groups is 2. The maximum Gasteiger partial charge on any atom is 0.245 e. The molecule has 2 aliphatic carbocycles. The summed E-state index contributed by atoms with van der Waals surface area (Å²) in [4.78, 5) is 26.4. The van der Waals surface area contributed by atoms with Gasteiger partial charge in [-0.3, -0.25) is 14.3 Å². The molecule has 130 valence electrons. The highest BCUT2D eigenvalue weighted by Crippen LogP contribution is 2.39. The molecule has 1 aromatic rings. The van der Waals surface area contributed by atoms with Crippen LogP contribution in [-0.4, -0.2) is 39.1 Å². The molecule has 1 N–H and O–H groups in total. The van der Waals surface area contributed by atoms with Crippen LogP contribution >= 0.6 is 0 Å². The number of aromatic nitrogens is 2. The fourth-order valence-electron chi connectivity index (χ4n) is 3.80. The second-order valence-electron chi connectivity index (χ2n) is 7.60. The molecule has 2 saturated carbocycles. The van der Waals surface area contributed by atoms with E-state index < -0.39 is 0 Å². The van der Waals surface area contributed by atoms with E-state index in [1.54, 1.807) is 0 Å². The first-order valence-electron chi connectivity index (χ1n) is 9.22. The van der Waals surface area contributed by atoms with Crippen LogP contribution in [0.2, 0.25) is 0 Å². The Kier molecular flexibility index (Phi) is 4.06. The van der Waals surface area contributed by atoms with Crippen LogP contribution < -0.4 is 5.32 Å². The first-order valence-corrected chi connectivity index (χ1v) is 9.22. The highest BCUT2D eigenvalue weighted by molar-refractivity contribution is 5.87. The molecule has 2 heterocycles. The van der Waals surface area contributed by atoms with Crippen LogP contribution in [0.1, 0.15) is 62.8 Å². The standard InChI is InChI=1S/C18H26N4O2/c1-12(23)19-17(9-13-3-2-4-13)18(24)21-7-8-22-15(11-21)10-16(20-22)14-5-6-14/h10,13-14,17H,2-9,11H2,1H3,(H,19,23)/t17-/m1/s1. The predicted octanol–water partition coefficient (Wildman–Crippen LogP) is 1.80. The Balaban J connectivity index is 1.44. The van der Waals surface area contributed by atoms with E-state index in [9.17, 15) is 9.59 Å². The van der Waals surface area contributed by atoms with E-state index in [-0.39, 0.29) is 17.9 Å². The zero-order valence-corrected chi connectivity index (χ0v) is 14.3. The van der Waals surface area contributed by atoms with Crippen molar-refractivity contribution in [1.82, 2.24) is 20.0 Å². The molecular weight excluding hydrogens is 304 g/mol. The Hall–Kier alpha value is -1.85. The van der Waals surface area contributed by atoms with Gasteiger partial charge >= 0.3 is 0 Å². The van der Waals surface area contributed by atoms with Crippen LogP contribution in [0.15, 0.2) is 6.07 Å². The summed E-state index contributed by atoms with van der Waals surface area (Å²) >= 11 is 0. The summed E-state index contributed by atoms with van der Waals surface area (Å²) in [6.45, 7) is 3.54. The Labute approximate surface area is 142 Å². The van der Waals surface area contributed by atoms with Crippen LogP contribution in [0.3, 0.4) is 0 Å². The number of nitrogens with zero attached hydrogens (tertiary/aromatic N) is 3. The normalized spacial score (nSPS) is 21.8. The third kappa shape index (κ3) is 3.19. The zero-order chi connectivity index (χ0) is 16.7. The van der Waals surface area contributed by atoms with Gasteiger partial charge in [-0.2, -0.15) is 5.10 Å². The lowest BCUT2D eigenvalue weighted by molar-refractivity contribution is -0.138. The number of nitrogens with one attached hydrogen (secondary N) is 1. The molecule has 2 fully saturated rings. The minimum atomic E-state index is -0.370. The summed E-state index contributed by atoms with van der Waals surface area (Å²) in [6.07, 6.45) is 6.87. The Morgan fingerprint density at radius 3 is 2.71 bits per heavy atom. The highest BCUT2D eigenvalue weighted by Gasteiger charge is 2.33. The van der Waals surface area contributed by atoms with Gasteiger partial charge in [-0.25, -0.2) is 0 Å². The van der Waals surface area contributed by atoms with E-state index in [2.05, 4.69) is 21.2 Å². The van der Waals surface area contributed by atoms with Crippen LogP contribution in [0, 0.1) is 5.92 Å². The quantitative estimate of drug-likeness (QED) is 0.895. The van der Waals surface area contributed by atoms with Crippen molar-refractivity contribution in [1.29, 1.82) is 0 Å². The van der Waals surface area contributed by atoms with Gasteiger partial charge in [0.25, 0.3) is 0 Å². The molecule has 1 aliphatic heterocycles. The Bertz CT molecular complexity index is 645. The summed E-state index contributed by atoms with van der Waals surface area (Å²) in [7, 11) is 0. The molecule has 0 radical (unpaired) electrons. The van der Waals surface area contributed by atoms with Crippen molar-refractivity contribution in [3.63, 3.8) is 0 Å². The van der Waals surface area contributed by atoms with Gasteiger partial charge in [-0.05, 0) is 31.2 Å². The van der Waals surface area contributed by atoms with E-state index in [0.717, 1.165) is 18.7 Å². The fraction of sp³-hybridized carbons (Fsp3) is 0.722. The van der Waals surface area contributed by atoms with E-state index >= 15 is 0 Å². The Morgan fingerprint density at radius 2 is 2.08 bits per heavy atom. The largest absolute Gasteiger partial charge is 0.345 e. The lowest BCUT2D eigenvalue weighted by Crippen LogP contribution is -2.51. The van der Waals surface area contributed by atoms with Crippen molar-refractivity contribution in [3.8, 4) is 0 Å².